The van der Waals surface area contributed by atoms with E-state index in [1.807, 2.05) is 0 Å². The lowest BCUT2D eigenvalue weighted by atomic mass is 9.89. The predicted octanol–water partition coefficient (Wildman–Crippen LogP) is 5.25. The molecule has 1 aromatic rings. The summed E-state index contributed by atoms with van der Waals surface area (Å²) in [5.41, 5.74) is 0. The first-order valence-electron chi connectivity index (χ1n) is 6.31. The van der Waals surface area contributed by atoms with Gasteiger partial charge in [-0.15, -0.1) is 11.3 Å². The highest BCUT2D eigenvalue weighted by Gasteiger charge is 2.32. The first kappa shape index (κ1) is 13.9. The Kier molecular flexibility index (Phi) is 4.93. The predicted molar refractivity (Wildman–Crippen MR) is 80.0 cm³/mol. The first-order valence-corrected chi connectivity index (χ1v) is 8.30. The number of hydrogen-bond acceptors (Lipinski definition) is 2. The van der Waals surface area contributed by atoms with Crippen LogP contribution in [0.1, 0.15) is 44.0 Å². The van der Waals surface area contributed by atoms with Gasteiger partial charge in [0.25, 0.3) is 0 Å². The minimum Gasteiger partial charge on any atom is -0.309 e. The van der Waals surface area contributed by atoms with E-state index in [2.05, 4.69) is 41.2 Å². The van der Waals surface area contributed by atoms with Crippen molar-refractivity contribution in [3.05, 3.63) is 19.8 Å². The van der Waals surface area contributed by atoms with Crippen LogP contribution in [0.5, 0.6) is 0 Å². The molecular formula is C13H19BrClNS. The van der Waals surface area contributed by atoms with Crippen LogP contribution in [-0.4, -0.2) is 6.54 Å². The van der Waals surface area contributed by atoms with Crippen molar-refractivity contribution in [1.29, 1.82) is 0 Å². The SMILES string of the molecule is CCNC(c1cc(Cl)c(Br)s1)C1CCCC1C. The van der Waals surface area contributed by atoms with Gasteiger partial charge in [-0.05, 0) is 46.8 Å². The van der Waals surface area contributed by atoms with E-state index < -0.39 is 0 Å². The van der Waals surface area contributed by atoms with Crippen molar-refractivity contribution in [2.24, 2.45) is 11.8 Å². The van der Waals surface area contributed by atoms with Gasteiger partial charge in [0.2, 0.25) is 0 Å². The quantitative estimate of drug-likeness (QED) is 0.791. The highest BCUT2D eigenvalue weighted by molar-refractivity contribution is 9.11. The molecule has 0 saturated heterocycles. The highest BCUT2D eigenvalue weighted by Crippen LogP contribution is 2.44. The maximum Gasteiger partial charge on any atom is 0.0887 e. The van der Waals surface area contributed by atoms with Crippen molar-refractivity contribution >= 4 is 38.9 Å². The summed E-state index contributed by atoms with van der Waals surface area (Å²) in [6.07, 6.45) is 4.08. The van der Waals surface area contributed by atoms with Crippen LogP contribution in [0.25, 0.3) is 0 Å². The van der Waals surface area contributed by atoms with Gasteiger partial charge < -0.3 is 5.32 Å². The Bertz CT molecular complexity index is 360. The molecule has 0 bridgehead atoms. The molecule has 0 spiro atoms. The minimum atomic E-state index is 0.478. The molecule has 1 N–H and O–H groups in total. The number of nitrogens with one attached hydrogen (secondary N) is 1. The Labute approximate surface area is 121 Å². The summed E-state index contributed by atoms with van der Waals surface area (Å²) in [6, 6.07) is 2.60. The summed E-state index contributed by atoms with van der Waals surface area (Å²) in [6.45, 7) is 5.57. The molecule has 17 heavy (non-hydrogen) atoms. The number of rotatable bonds is 4. The van der Waals surface area contributed by atoms with Crippen molar-refractivity contribution in [3.8, 4) is 0 Å². The van der Waals surface area contributed by atoms with Gasteiger partial charge in [-0.2, -0.15) is 0 Å². The van der Waals surface area contributed by atoms with Crippen LogP contribution in [-0.2, 0) is 0 Å². The average Bonchev–Trinajstić information content (AvgIpc) is 2.83. The molecule has 1 nitrogen and oxygen atoms in total. The Morgan fingerprint density at radius 3 is 2.82 bits per heavy atom. The second-order valence-corrected chi connectivity index (χ2v) is 7.69. The highest BCUT2D eigenvalue weighted by atomic mass is 79.9. The summed E-state index contributed by atoms with van der Waals surface area (Å²) in [7, 11) is 0. The van der Waals surface area contributed by atoms with Gasteiger partial charge in [0.15, 0.2) is 0 Å². The third kappa shape index (κ3) is 3.06. The Hall–Kier alpha value is 0.430. The molecule has 0 aliphatic heterocycles. The van der Waals surface area contributed by atoms with E-state index in [4.69, 9.17) is 11.6 Å². The van der Waals surface area contributed by atoms with Crippen LogP contribution >= 0.6 is 38.9 Å². The van der Waals surface area contributed by atoms with E-state index in [1.165, 1.54) is 24.1 Å². The van der Waals surface area contributed by atoms with Gasteiger partial charge in [0, 0.05) is 10.9 Å². The third-order valence-electron chi connectivity index (χ3n) is 3.75. The fourth-order valence-corrected chi connectivity index (χ4v) is 4.77. The molecule has 3 unspecified atom stereocenters. The summed E-state index contributed by atoms with van der Waals surface area (Å²) < 4.78 is 1.06. The lowest BCUT2D eigenvalue weighted by molar-refractivity contribution is 0.309. The van der Waals surface area contributed by atoms with E-state index >= 15 is 0 Å². The molecule has 1 aromatic heterocycles. The molecule has 1 aliphatic carbocycles. The summed E-state index contributed by atoms with van der Waals surface area (Å²) in [4.78, 5) is 1.38. The van der Waals surface area contributed by atoms with Crippen molar-refractivity contribution in [2.45, 2.75) is 39.2 Å². The second kappa shape index (κ2) is 6.05. The van der Waals surface area contributed by atoms with E-state index in [0.29, 0.717) is 6.04 Å². The van der Waals surface area contributed by atoms with Crippen LogP contribution in [0.3, 0.4) is 0 Å². The zero-order chi connectivity index (χ0) is 12.4. The van der Waals surface area contributed by atoms with E-state index in [1.54, 1.807) is 11.3 Å². The molecule has 4 heteroatoms. The molecule has 0 radical (unpaired) electrons. The molecule has 1 heterocycles. The van der Waals surface area contributed by atoms with Crippen molar-refractivity contribution in [3.63, 3.8) is 0 Å². The Morgan fingerprint density at radius 1 is 1.59 bits per heavy atom. The summed E-state index contributed by atoms with van der Waals surface area (Å²) in [5, 5.41) is 4.49. The largest absolute Gasteiger partial charge is 0.309 e. The van der Waals surface area contributed by atoms with Gasteiger partial charge >= 0.3 is 0 Å². The van der Waals surface area contributed by atoms with Crippen LogP contribution in [0.15, 0.2) is 9.85 Å². The lowest BCUT2D eigenvalue weighted by Gasteiger charge is -2.26. The van der Waals surface area contributed by atoms with Gasteiger partial charge in [0.05, 0.1) is 8.81 Å². The standard InChI is InChI=1S/C13H19BrClNS/c1-3-16-12(9-6-4-5-8(9)2)11-7-10(15)13(14)17-11/h7-9,12,16H,3-6H2,1-2H3. The Morgan fingerprint density at radius 2 is 2.35 bits per heavy atom. The monoisotopic (exact) mass is 335 g/mol. The minimum absolute atomic E-state index is 0.478. The number of thiophene rings is 1. The van der Waals surface area contributed by atoms with Gasteiger partial charge in [0.1, 0.15) is 0 Å². The zero-order valence-corrected chi connectivity index (χ0v) is 13.5. The van der Waals surface area contributed by atoms with Gasteiger partial charge in [-0.3, -0.25) is 0 Å². The van der Waals surface area contributed by atoms with E-state index in [0.717, 1.165) is 27.2 Å². The normalized spacial score (nSPS) is 26.4. The van der Waals surface area contributed by atoms with Gasteiger partial charge in [-0.1, -0.05) is 38.3 Å². The molecule has 3 atom stereocenters. The van der Waals surface area contributed by atoms with Crippen LogP contribution in [0.2, 0.25) is 5.02 Å². The van der Waals surface area contributed by atoms with Crippen LogP contribution < -0.4 is 5.32 Å². The fourth-order valence-electron chi connectivity index (χ4n) is 2.87. The van der Waals surface area contributed by atoms with Crippen LogP contribution in [0, 0.1) is 11.8 Å². The van der Waals surface area contributed by atoms with Crippen molar-refractivity contribution in [1.82, 2.24) is 5.32 Å². The number of hydrogen-bond donors (Lipinski definition) is 1. The van der Waals surface area contributed by atoms with Crippen LogP contribution in [0.4, 0.5) is 0 Å². The second-order valence-electron chi connectivity index (χ2n) is 4.88. The average molecular weight is 337 g/mol. The molecule has 0 aromatic carbocycles. The third-order valence-corrected chi connectivity index (χ3v) is 6.31. The molecule has 0 amide bonds. The van der Waals surface area contributed by atoms with Gasteiger partial charge in [-0.25, -0.2) is 0 Å². The topological polar surface area (TPSA) is 12.0 Å². The summed E-state index contributed by atoms with van der Waals surface area (Å²) in [5.74, 6) is 1.58. The molecule has 1 fully saturated rings. The number of halogens is 2. The van der Waals surface area contributed by atoms with Crippen molar-refractivity contribution in [2.75, 3.05) is 6.54 Å². The van der Waals surface area contributed by atoms with Crippen molar-refractivity contribution < 1.29 is 0 Å². The first-order chi connectivity index (χ1) is 8.13. The molecular weight excluding hydrogens is 318 g/mol. The smallest absolute Gasteiger partial charge is 0.0887 e. The van der Waals surface area contributed by atoms with E-state index in [9.17, 15) is 0 Å². The molecule has 96 valence electrons. The molecule has 1 saturated carbocycles. The molecule has 1 aliphatic rings. The summed E-state index contributed by atoms with van der Waals surface area (Å²) >= 11 is 11.4. The lowest BCUT2D eigenvalue weighted by Crippen LogP contribution is -2.28. The zero-order valence-electron chi connectivity index (χ0n) is 10.3. The Balaban J connectivity index is 2.21. The fraction of sp³-hybridized carbons (Fsp3) is 0.692. The molecule has 2 rings (SSSR count). The maximum atomic E-state index is 6.15. The maximum absolute atomic E-state index is 6.15. The van der Waals surface area contributed by atoms with E-state index in [-0.39, 0.29) is 0 Å².